The average Bonchev–Trinajstić information content (AvgIpc) is 2.70. The van der Waals surface area contributed by atoms with Crippen LogP contribution in [-0.2, 0) is 9.59 Å². The van der Waals surface area contributed by atoms with E-state index in [4.69, 9.17) is 47.6 Å². The van der Waals surface area contributed by atoms with Gasteiger partial charge in [0.25, 0.3) is 0 Å². The van der Waals surface area contributed by atoms with Crippen LogP contribution in [-0.4, -0.2) is 22.0 Å². The molecule has 6 N–H and O–H groups in total. The number of anilines is 2. The molecule has 0 heterocycles. The topological polar surface area (TPSA) is 106 Å². The second-order valence-electron chi connectivity index (χ2n) is 5.99. The summed E-state index contributed by atoms with van der Waals surface area (Å²) in [6, 6.07) is 10.5. The lowest BCUT2D eigenvalue weighted by Crippen LogP contribution is -2.53. The van der Waals surface area contributed by atoms with E-state index in [1.807, 2.05) is 26.0 Å². The van der Waals surface area contributed by atoms with Gasteiger partial charge in [-0.1, -0.05) is 35.3 Å². The highest BCUT2D eigenvalue weighted by Crippen LogP contribution is 2.20. The number of nitrogens with one attached hydrogen (secondary N) is 6. The maximum Gasteiger partial charge on any atom is 0.329 e. The van der Waals surface area contributed by atoms with E-state index in [0.717, 1.165) is 11.1 Å². The van der Waals surface area contributed by atoms with Gasteiger partial charge in [-0.3, -0.25) is 31.3 Å². The van der Waals surface area contributed by atoms with Gasteiger partial charge < -0.3 is 10.6 Å². The molecular formula is C18H18Cl2N6O2S2. The molecular weight excluding hydrogens is 467 g/mol. The van der Waals surface area contributed by atoms with Crippen LogP contribution in [0.2, 0.25) is 10.0 Å². The molecule has 0 atom stereocenters. The van der Waals surface area contributed by atoms with E-state index in [1.165, 1.54) is 0 Å². The molecule has 0 unspecified atom stereocenters. The lowest BCUT2D eigenvalue weighted by molar-refractivity contribution is -0.139. The lowest BCUT2D eigenvalue weighted by Gasteiger charge is -2.14. The Kier molecular flexibility index (Phi) is 8.60. The van der Waals surface area contributed by atoms with E-state index in [9.17, 15) is 9.59 Å². The van der Waals surface area contributed by atoms with Gasteiger partial charge in [-0.15, -0.1) is 0 Å². The second kappa shape index (κ2) is 10.9. The molecule has 0 bridgehead atoms. The normalized spacial score (nSPS) is 9.87. The van der Waals surface area contributed by atoms with E-state index in [-0.39, 0.29) is 10.2 Å². The van der Waals surface area contributed by atoms with E-state index in [2.05, 4.69) is 32.3 Å². The molecule has 0 aliphatic carbocycles. The third kappa shape index (κ3) is 7.30. The number of aryl methyl sites for hydroxylation is 2. The summed E-state index contributed by atoms with van der Waals surface area (Å²) in [4.78, 5) is 23.7. The quantitative estimate of drug-likeness (QED) is 0.219. The number of rotatable bonds is 2. The first kappa shape index (κ1) is 23.6. The summed E-state index contributed by atoms with van der Waals surface area (Å²) in [6.07, 6.45) is 0. The number of halogens is 2. The van der Waals surface area contributed by atoms with Crippen LogP contribution in [0.15, 0.2) is 36.4 Å². The van der Waals surface area contributed by atoms with Crippen LogP contribution in [0.25, 0.3) is 0 Å². The van der Waals surface area contributed by atoms with Crippen molar-refractivity contribution in [2.24, 2.45) is 0 Å². The molecule has 0 aromatic heterocycles. The number of hydrogen-bond donors (Lipinski definition) is 6. The zero-order valence-corrected chi connectivity index (χ0v) is 19.0. The molecule has 0 fully saturated rings. The smallest absolute Gasteiger partial charge is 0.329 e. The van der Waals surface area contributed by atoms with Crippen LogP contribution in [0.3, 0.4) is 0 Å². The second-order valence-corrected chi connectivity index (χ2v) is 7.63. The molecule has 0 spiro atoms. The summed E-state index contributed by atoms with van der Waals surface area (Å²) in [5.41, 5.74) is 12.2. The van der Waals surface area contributed by atoms with E-state index >= 15 is 0 Å². The highest BCUT2D eigenvalue weighted by molar-refractivity contribution is 7.80. The highest BCUT2D eigenvalue weighted by Gasteiger charge is 2.14. The monoisotopic (exact) mass is 484 g/mol. The minimum Gasteiger partial charge on any atom is -0.331 e. The summed E-state index contributed by atoms with van der Waals surface area (Å²) < 4.78 is 0. The number of hydrazine groups is 2. The van der Waals surface area contributed by atoms with Crippen molar-refractivity contribution in [2.75, 3.05) is 10.6 Å². The third-order valence-corrected chi connectivity index (χ3v) is 4.87. The van der Waals surface area contributed by atoms with Crippen molar-refractivity contribution in [3.8, 4) is 0 Å². The van der Waals surface area contributed by atoms with Crippen molar-refractivity contribution in [1.82, 2.24) is 21.7 Å². The fraction of sp³-hybridized carbons (Fsp3) is 0.111. The fourth-order valence-electron chi connectivity index (χ4n) is 2.01. The number of amides is 2. The minimum absolute atomic E-state index is 0.0671. The van der Waals surface area contributed by atoms with Crippen molar-refractivity contribution in [3.05, 3.63) is 57.6 Å². The largest absolute Gasteiger partial charge is 0.331 e. The molecule has 158 valence electrons. The Balaban J connectivity index is 1.73. The Morgan fingerprint density at radius 1 is 0.700 bits per heavy atom. The van der Waals surface area contributed by atoms with E-state index in [0.29, 0.717) is 21.4 Å². The van der Waals surface area contributed by atoms with Crippen LogP contribution in [0.5, 0.6) is 0 Å². The van der Waals surface area contributed by atoms with Crippen molar-refractivity contribution in [3.63, 3.8) is 0 Å². The van der Waals surface area contributed by atoms with Crippen LogP contribution < -0.4 is 32.3 Å². The lowest BCUT2D eigenvalue weighted by atomic mass is 10.2. The maximum absolute atomic E-state index is 11.8. The molecule has 30 heavy (non-hydrogen) atoms. The predicted octanol–water partition coefficient (Wildman–Crippen LogP) is 2.95. The Bertz CT molecular complexity index is 923. The van der Waals surface area contributed by atoms with E-state index in [1.54, 1.807) is 24.3 Å². The SMILES string of the molecule is Cc1ccc(NC(=S)NNC(=O)C(=O)NNC(=S)Nc2ccc(C)c(Cl)c2)cc1Cl. The molecule has 2 rings (SSSR count). The Hall–Kier alpha value is -2.66. The highest BCUT2D eigenvalue weighted by atomic mass is 35.5. The van der Waals surface area contributed by atoms with Crippen molar-refractivity contribution >= 4 is 81.1 Å². The molecule has 2 aromatic rings. The fourth-order valence-corrected chi connectivity index (χ4v) is 2.71. The Morgan fingerprint density at radius 2 is 1.07 bits per heavy atom. The molecule has 8 nitrogen and oxygen atoms in total. The summed E-state index contributed by atoms with van der Waals surface area (Å²) in [7, 11) is 0. The van der Waals surface area contributed by atoms with Crippen LogP contribution >= 0.6 is 47.6 Å². The van der Waals surface area contributed by atoms with Gasteiger partial charge in [-0.2, -0.15) is 0 Å². The zero-order valence-electron chi connectivity index (χ0n) is 15.9. The number of carbonyl (C=O) groups excluding carboxylic acids is 2. The Morgan fingerprint density at radius 3 is 1.40 bits per heavy atom. The number of carbonyl (C=O) groups is 2. The van der Waals surface area contributed by atoms with Crippen molar-refractivity contribution < 1.29 is 9.59 Å². The molecule has 0 aliphatic rings. The van der Waals surface area contributed by atoms with Crippen molar-refractivity contribution in [2.45, 2.75) is 13.8 Å². The summed E-state index contributed by atoms with van der Waals surface area (Å²) in [5, 5.41) is 6.91. The van der Waals surface area contributed by atoms with Crippen LogP contribution in [0.4, 0.5) is 11.4 Å². The number of hydrogen-bond acceptors (Lipinski definition) is 4. The van der Waals surface area contributed by atoms with Gasteiger partial charge in [0, 0.05) is 21.4 Å². The summed E-state index contributed by atoms with van der Waals surface area (Å²) in [5.74, 6) is -1.98. The van der Waals surface area contributed by atoms with Gasteiger partial charge in [0.15, 0.2) is 10.2 Å². The predicted molar refractivity (Wildman–Crippen MR) is 127 cm³/mol. The molecule has 0 aliphatic heterocycles. The maximum atomic E-state index is 11.8. The van der Waals surface area contributed by atoms with Gasteiger partial charge in [0.1, 0.15) is 0 Å². The van der Waals surface area contributed by atoms with Crippen LogP contribution in [0.1, 0.15) is 11.1 Å². The van der Waals surface area contributed by atoms with Crippen LogP contribution in [0, 0.1) is 13.8 Å². The average molecular weight is 485 g/mol. The first-order valence-corrected chi connectivity index (χ1v) is 9.99. The molecule has 0 saturated carbocycles. The number of benzene rings is 2. The summed E-state index contributed by atoms with van der Waals surface area (Å²) >= 11 is 22.2. The van der Waals surface area contributed by atoms with Gasteiger partial charge in [-0.05, 0) is 73.7 Å². The molecule has 2 amide bonds. The first-order valence-electron chi connectivity index (χ1n) is 8.42. The molecule has 12 heteroatoms. The minimum atomic E-state index is -0.991. The van der Waals surface area contributed by atoms with Gasteiger partial charge >= 0.3 is 11.8 Å². The molecule has 0 saturated heterocycles. The van der Waals surface area contributed by atoms with E-state index < -0.39 is 11.8 Å². The van der Waals surface area contributed by atoms with Gasteiger partial charge in [0.2, 0.25) is 0 Å². The van der Waals surface area contributed by atoms with Crippen molar-refractivity contribution in [1.29, 1.82) is 0 Å². The number of thiocarbonyl (C=S) groups is 2. The zero-order chi connectivity index (χ0) is 22.3. The third-order valence-electron chi connectivity index (χ3n) is 3.64. The molecule has 0 radical (unpaired) electrons. The molecule has 2 aromatic carbocycles. The Labute approximate surface area is 194 Å². The summed E-state index contributed by atoms with van der Waals surface area (Å²) in [6.45, 7) is 3.74. The first-order chi connectivity index (χ1) is 14.2. The standard InChI is InChI=1S/C18H18Cl2N6O2S2/c1-9-3-5-11(7-13(9)19)21-17(29)25-23-15(27)16(28)24-26-18(30)22-12-6-4-10(2)14(20)8-12/h3-8H,1-2H3,(H,23,27)(H,24,28)(H2,21,25,29)(H2,22,26,30). The van der Waals surface area contributed by atoms with Gasteiger partial charge in [0.05, 0.1) is 0 Å². The van der Waals surface area contributed by atoms with Gasteiger partial charge in [-0.25, -0.2) is 0 Å².